The molecule has 0 radical (unpaired) electrons. The second kappa shape index (κ2) is 5.65. The number of hydrogen-bond donors (Lipinski definition) is 1. The first-order valence-corrected chi connectivity index (χ1v) is 7.76. The average Bonchev–Trinajstić information content (AvgIpc) is 3.17. The molecule has 1 aliphatic rings. The van der Waals surface area contributed by atoms with Crippen LogP contribution in [0.15, 0.2) is 59.8 Å². The predicted octanol–water partition coefficient (Wildman–Crippen LogP) is 4.59. The van der Waals surface area contributed by atoms with E-state index in [1.54, 1.807) is 0 Å². The number of fused-ring (bicyclic) bond motifs is 1. The van der Waals surface area contributed by atoms with Crippen molar-refractivity contribution in [2.45, 2.75) is 12.5 Å². The maximum atomic E-state index is 5.34. The third-order valence-electron chi connectivity index (χ3n) is 3.43. The van der Waals surface area contributed by atoms with Gasteiger partial charge in [-0.05, 0) is 18.2 Å². The van der Waals surface area contributed by atoms with Gasteiger partial charge in [-0.2, -0.15) is 4.37 Å². The maximum Gasteiger partial charge on any atom is 0.404 e. The van der Waals surface area contributed by atoms with E-state index < -0.39 is 0 Å². The van der Waals surface area contributed by atoms with E-state index in [1.165, 1.54) is 11.5 Å². The number of hydrogen-bond acceptors (Lipinski definition) is 5. The van der Waals surface area contributed by atoms with Gasteiger partial charge in [-0.25, -0.2) is 4.98 Å². The molecule has 0 spiro atoms. The van der Waals surface area contributed by atoms with Gasteiger partial charge in [-0.1, -0.05) is 34.9 Å². The lowest BCUT2D eigenvalue weighted by molar-refractivity contribution is 0.709. The lowest BCUT2D eigenvalue weighted by Gasteiger charge is -2.00. The minimum atomic E-state index is -0.0321. The van der Waals surface area contributed by atoms with Crippen molar-refractivity contribution < 1.29 is 0 Å². The first-order chi connectivity index (χ1) is 10.9. The number of para-hydroxylation sites is 2. The highest BCUT2D eigenvalue weighted by Crippen LogP contribution is 2.37. The van der Waals surface area contributed by atoms with E-state index in [9.17, 15) is 0 Å². The fourth-order valence-electron chi connectivity index (χ4n) is 2.37. The molecule has 0 bridgehead atoms. The monoisotopic (exact) mass is 309 g/mol. The van der Waals surface area contributed by atoms with Crippen molar-refractivity contribution in [1.29, 1.82) is 0 Å². The zero-order valence-electron chi connectivity index (χ0n) is 11.6. The van der Waals surface area contributed by atoms with E-state index in [0.29, 0.717) is 6.42 Å². The van der Waals surface area contributed by atoms with Gasteiger partial charge >= 0.3 is 5.75 Å². The molecule has 1 atom stereocenters. The van der Waals surface area contributed by atoms with Gasteiger partial charge in [0.2, 0.25) is 5.13 Å². The van der Waals surface area contributed by atoms with Crippen LogP contribution in [0.2, 0.25) is 0 Å². The van der Waals surface area contributed by atoms with Crippen LogP contribution in [-0.2, 0) is 6.42 Å². The number of nitrogens with zero attached hydrogens (tertiary/aromatic N) is 3. The minimum absolute atomic E-state index is 0.0321. The molecular weight excluding hydrogens is 296 g/mol. The molecule has 1 unspecified atom stereocenters. The third-order valence-corrected chi connectivity index (χ3v) is 4.09. The van der Waals surface area contributed by atoms with E-state index in [4.69, 9.17) is 4.54 Å². The summed E-state index contributed by atoms with van der Waals surface area (Å²) in [6.07, 6.45) is 0.643. The van der Waals surface area contributed by atoms with Crippen molar-refractivity contribution in [3.63, 3.8) is 0 Å². The van der Waals surface area contributed by atoms with Gasteiger partial charge in [-0.3, -0.25) is 0 Å². The normalized spacial score (nSPS) is 15.7. The Kier molecular flexibility index (Phi) is 3.36. The molecule has 2 heterocycles. The van der Waals surface area contributed by atoms with Crippen LogP contribution in [0.5, 0.6) is 5.75 Å². The number of nitrogens with one attached hydrogen (secondary N) is 1. The topological polar surface area (TPSA) is 61.5 Å². The van der Waals surface area contributed by atoms with Crippen LogP contribution in [0.4, 0.5) is 10.8 Å². The summed E-state index contributed by atoms with van der Waals surface area (Å²) in [5, 5.41) is 8.23. The molecule has 22 heavy (non-hydrogen) atoms. The van der Waals surface area contributed by atoms with Crippen LogP contribution in [0.3, 0.4) is 0 Å². The van der Waals surface area contributed by atoms with Crippen LogP contribution < -0.4 is 5.32 Å². The quantitative estimate of drug-likeness (QED) is 0.717. The van der Waals surface area contributed by atoms with Gasteiger partial charge < -0.3 is 5.32 Å². The van der Waals surface area contributed by atoms with Crippen LogP contribution in [-0.4, -0.2) is 9.36 Å². The molecular formula is C16H13N4OS+. The van der Waals surface area contributed by atoms with Crippen LogP contribution in [0.1, 0.15) is 17.4 Å². The van der Waals surface area contributed by atoms with Crippen molar-refractivity contribution in [2.75, 3.05) is 5.32 Å². The molecule has 0 fully saturated rings. The van der Waals surface area contributed by atoms with Gasteiger partial charge in [0.15, 0.2) is 6.04 Å². The molecule has 0 amide bonds. The summed E-state index contributed by atoms with van der Waals surface area (Å²) < 4.78 is 9.74. The molecule has 6 heteroatoms. The molecule has 1 aliphatic heterocycles. The Labute approximate surface area is 131 Å². The Morgan fingerprint density at radius 3 is 2.77 bits per heavy atom. The highest BCUT2D eigenvalue weighted by Gasteiger charge is 2.33. The van der Waals surface area contributed by atoms with E-state index >= 15 is 0 Å². The van der Waals surface area contributed by atoms with Crippen LogP contribution >= 0.6 is 11.5 Å². The smallest absolute Gasteiger partial charge is 0.330 e. The predicted molar refractivity (Wildman–Crippen MR) is 87.8 cm³/mol. The molecule has 3 aromatic rings. The fourth-order valence-corrected chi connectivity index (χ4v) is 2.99. The van der Waals surface area contributed by atoms with Gasteiger partial charge in [0, 0.05) is 29.7 Å². The van der Waals surface area contributed by atoms with Gasteiger partial charge in [-0.15, -0.1) is 0 Å². The second-order valence-electron chi connectivity index (χ2n) is 4.96. The van der Waals surface area contributed by atoms with Gasteiger partial charge in [0.05, 0.1) is 5.56 Å². The summed E-state index contributed by atoms with van der Waals surface area (Å²) in [6.45, 7) is 0. The number of aromatic nitrogens is 2. The Balaban J connectivity index is 1.48. The van der Waals surface area contributed by atoms with Crippen LogP contribution in [0.25, 0.3) is 0 Å². The summed E-state index contributed by atoms with van der Waals surface area (Å²) in [4.78, 5) is 4.52. The highest BCUT2D eigenvalue weighted by molar-refractivity contribution is 7.09. The van der Waals surface area contributed by atoms with E-state index in [2.05, 4.69) is 19.9 Å². The number of nitroso groups, excluding NO2 is 1. The molecule has 2 aromatic carbocycles. The van der Waals surface area contributed by atoms with Crippen molar-refractivity contribution in [3.8, 4) is 5.75 Å². The van der Waals surface area contributed by atoms with Crippen molar-refractivity contribution in [2.24, 2.45) is 5.18 Å². The lowest BCUT2D eigenvalue weighted by atomic mass is 10.0. The van der Waals surface area contributed by atoms with E-state index in [1.807, 2.05) is 54.6 Å². The lowest BCUT2D eigenvalue weighted by Crippen LogP contribution is -1.99. The molecule has 108 valence electrons. The number of benzene rings is 2. The summed E-state index contributed by atoms with van der Waals surface area (Å²) >= 11 is 1.35. The number of rotatable bonds is 4. The summed E-state index contributed by atoms with van der Waals surface area (Å²) in [7, 11) is 0. The van der Waals surface area contributed by atoms with Crippen molar-refractivity contribution in [3.05, 3.63) is 70.5 Å². The highest BCUT2D eigenvalue weighted by atomic mass is 32.1. The molecule has 5 nitrogen and oxygen atoms in total. The molecule has 0 saturated heterocycles. The zero-order chi connectivity index (χ0) is 14.8. The summed E-state index contributed by atoms with van der Waals surface area (Å²) in [5.41, 5.74) is 2.10. The number of anilines is 2. The molecule has 0 aliphatic carbocycles. The molecule has 1 aromatic heterocycles. The molecule has 0 saturated carbocycles. The van der Waals surface area contributed by atoms with E-state index in [0.717, 1.165) is 28.0 Å². The van der Waals surface area contributed by atoms with E-state index in [-0.39, 0.29) is 6.04 Å². The SMILES string of the molecule is c1ccc(Nc2nc(CC3N=[O+]c4ccccc43)ns2)cc1. The van der Waals surface area contributed by atoms with Crippen molar-refractivity contribution >= 4 is 22.4 Å². The Hall–Kier alpha value is -2.60. The maximum absolute atomic E-state index is 5.34. The average molecular weight is 309 g/mol. The summed E-state index contributed by atoms with van der Waals surface area (Å²) in [6, 6.07) is 17.8. The van der Waals surface area contributed by atoms with Crippen LogP contribution in [0, 0.1) is 4.54 Å². The summed E-state index contributed by atoms with van der Waals surface area (Å²) in [5.74, 6) is 1.60. The Bertz CT molecular complexity index is 816. The largest absolute Gasteiger partial charge is 0.404 e. The minimum Gasteiger partial charge on any atom is -0.330 e. The van der Waals surface area contributed by atoms with Gasteiger partial charge in [0.1, 0.15) is 11.0 Å². The standard InChI is InChI=1S/C16H13N4OS/c1-2-6-11(7-3-1)17-16-18-15(20-22-16)10-13-12-8-4-5-9-14(12)21-19-13/h1-9,13H,10H2,(H,17,18,20)/q+1. The second-order valence-corrected chi connectivity index (χ2v) is 5.71. The Morgan fingerprint density at radius 2 is 1.86 bits per heavy atom. The van der Waals surface area contributed by atoms with Crippen molar-refractivity contribution in [1.82, 2.24) is 9.36 Å². The first-order valence-electron chi connectivity index (χ1n) is 6.99. The fraction of sp³-hybridized carbons (Fsp3) is 0.125. The molecule has 4 rings (SSSR count). The zero-order valence-corrected chi connectivity index (χ0v) is 12.5. The Morgan fingerprint density at radius 1 is 1.05 bits per heavy atom. The third kappa shape index (κ3) is 2.60. The van der Waals surface area contributed by atoms with Gasteiger partial charge in [0.25, 0.3) is 0 Å². The molecule has 1 N–H and O–H groups in total. The first kappa shape index (κ1) is 13.1.